The number of alkyl halides is 1. The number of ketones is 1. The van der Waals surface area contributed by atoms with Gasteiger partial charge in [0, 0.05) is 19.3 Å². The predicted molar refractivity (Wildman–Crippen MR) is 118 cm³/mol. The fraction of sp³-hybridized carbons (Fsp3) is 0.667. The van der Waals surface area contributed by atoms with Crippen LogP contribution >= 0.6 is 11.6 Å². The summed E-state index contributed by atoms with van der Waals surface area (Å²) < 4.78 is 22.8. The van der Waals surface area contributed by atoms with Crippen molar-refractivity contribution in [2.24, 2.45) is 17.3 Å². The van der Waals surface area contributed by atoms with Crippen LogP contribution < -0.4 is 0 Å². The monoisotopic (exact) mass is 496 g/mol. The maximum atomic E-state index is 13.2. The Morgan fingerprint density at radius 2 is 1.85 bits per heavy atom. The van der Waals surface area contributed by atoms with Crippen molar-refractivity contribution < 1.29 is 43.2 Å². The van der Waals surface area contributed by atoms with Crippen LogP contribution in [0.25, 0.3) is 0 Å². The fourth-order valence-electron chi connectivity index (χ4n) is 6.07. The van der Waals surface area contributed by atoms with Gasteiger partial charge in [0.1, 0.15) is 6.10 Å². The van der Waals surface area contributed by atoms with Crippen LogP contribution in [0.5, 0.6) is 0 Å². The van der Waals surface area contributed by atoms with Gasteiger partial charge in [0.05, 0.1) is 29.4 Å². The molecule has 0 unspecified atom stereocenters. The molecule has 10 heteroatoms. The maximum absolute atomic E-state index is 13.2. The Morgan fingerprint density at radius 1 is 1.21 bits per heavy atom. The van der Waals surface area contributed by atoms with Gasteiger partial charge >= 0.3 is 17.9 Å². The molecule has 4 rings (SSSR count). The average molecular weight is 497 g/mol. The van der Waals surface area contributed by atoms with Crippen molar-refractivity contribution in [3.63, 3.8) is 0 Å². The smallest absolute Gasteiger partial charge is 0.312 e. The summed E-state index contributed by atoms with van der Waals surface area (Å²) in [6.45, 7) is 11.0. The van der Waals surface area contributed by atoms with Crippen LogP contribution in [0.2, 0.25) is 0 Å². The highest BCUT2D eigenvalue weighted by molar-refractivity contribution is 6.23. The van der Waals surface area contributed by atoms with Crippen LogP contribution in [-0.2, 0) is 38.1 Å². The number of hydrogen-bond acceptors (Lipinski definition) is 9. The Bertz CT molecular complexity index is 1010. The molecule has 0 aromatic rings. The van der Waals surface area contributed by atoms with Gasteiger partial charge in [-0.1, -0.05) is 25.2 Å². The molecule has 2 aliphatic carbocycles. The Hall–Kier alpha value is -2.23. The molecule has 1 N–H and O–H groups in total. The number of halogens is 1. The zero-order valence-electron chi connectivity index (χ0n) is 19.7. The third kappa shape index (κ3) is 3.43. The quantitative estimate of drug-likeness (QED) is 0.199. The van der Waals surface area contributed by atoms with E-state index in [1.54, 1.807) is 13.0 Å². The molecule has 186 valence electrons. The Balaban J connectivity index is 2.02. The van der Waals surface area contributed by atoms with Gasteiger partial charge in [-0.3, -0.25) is 19.2 Å². The number of fused-ring (bicyclic) bond motifs is 4. The molecule has 0 spiro atoms. The summed E-state index contributed by atoms with van der Waals surface area (Å²) in [6, 6.07) is 0. The summed E-state index contributed by atoms with van der Waals surface area (Å²) in [5, 5.41) is 11.2. The van der Waals surface area contributed by atoms with E-state index >= 15 is 0 Å². The van der Waals surface area contributed by atoms with Gasteiger partial charge in [-0.05, 0) is 26.3 Å². The molecule has 0 bridgehead atoms. The molecule has 0 aromatic heterocycles. The Labute approximate surface area is 202 Å². The minimum atomic E-state index is -2.17. The molecule has 10 atom stereocenters. The van der Waals surface area contributed by atoms with Gasteiger partial charge in [0.2, 0.25) is 0 Å². The van der Waals surface area contributed by atoms with Crippen molar-refractivity contribution in [1.82, 2.24) is 0 Å². The van der Waals surface area contributed by atoms with Crippen molar-refractivity contribution >= 4 is 35.3 Å². The molecule has 2 heterocycles. The van der Waals surface area contributed by atoms with Crippen LogP contribution in [0, 0.1) is 17.3 Å². The summed E-state index contributed by atoms with van der Waals surface area (Å²) in [5.41, 5.74) is -4.58. The van der Waals surface area contributed by atoms with Crippen molar-refractivity contribution in [2.75, 3.05) is 0 Å². The normalized spacial score (nSPS) is 47.6. The second-order valence-electron chi connectivity index (χ2n) is 10.1. The molecule has 34 heavy (non-hydrogen) atoms. The Morgan fingerprint density at radius 3 is 2.44 bits per heavy atom. The van der Waals surface area contributed by atoms with E-state index in [9.17, 15) is 24.3 Å². The lowest BCUT2D eigenvalue weighted by Crippen LogP contribution is -2.69. The van der Waals surface area contributed by atoms with E-state index in [4.69, 9.17) is 30.5 Å². The maximum Gasteiger partial charge on any atom is 0.312 e. The number of esters is 3. The van der Waals surface area contributed by atoms with Crippen molar-refractivity contribution in [1.29, 1.82) is 0 Å². The molecule has 2 saturated heterocycles. The number of hydrogen-bond donors (Lipinski definition) is 1. The van der Waals surface area contributed by atoms with Gasteiger partial charge < -0.3 is 24.1 Å². The van der Waals surface area contributed by atoms with Gasteiger partial charge in [-0.15, -0.1) is 11.6 Å². The van der Waals surface area contributed by atoms with Gasteiger partial charge in [-0.25, -0.2) is 0 Å². The standard InChI is InChI=1S/C24H29ClO9/c1-10-9-14-18(32-14)22(5)8-7-15(28)23(6,34-13(4)27)17(22)20(31-12(3)26)24(30)11(2)21(29)33-19(24)16(10)25/h7-8,11,14,16-20,30H,1,9H2,2-6H3/t11-,14+,16-,17+,18-,19-,20-,22-,23+,24-/m0/s1. The summed E-state index contributed by atoms with van der Waals surface area (Å²) in [7, 11) is 0. The molecular weight excluding hydrogens is 468 g/mol. The molecule has 9 nitrogen and oxygen atoms in total. The van der Waals surface area contributed by atoms with E-state index in [0.717, 1.165) is 13.8 Å². The largest absolute Gasteiger partial charge is 0.459 e. The number of carbonyl (C=O) groups is 4. The van der Waals surface area contributed by atoms with E-state index in [0.29, 0.717) is 12.0 Å². The van der Waals surface area contributed by atoms with Gasteiger partial charge in [-0.2, -0.15) is 0 Å². The highest BCUT2D eigenvalue weighted by Crippen LogP contribution is 2.59. The second kappa shape index (κ2) is 7.90. The first kappa shape index (κ1) is 24.9. The van der Waals surface area contributed by atoms with E-state index < -0.39 is 75.8 Å². The molecule has 2 aliphatic heterocycles. The molecule has 0 amide bonds. The molecule has 3 fully saturated rings. The first-order valence-corrected chi connectivity index (χ1v) is 11.6. The third-order valence-electron chi connectivity index (χ3n) is 7.81. The summed E-state index contributed by atoms with van der Waals surface area (Å²) in [4.78, 5) is 50.5. The number of ether oxygens (including phenoxy) is 4. The summed E-state index contributed by atoms with van der Waals surface area (Å²) >= 11 is 6.67. The van der Waals surface area contributed by atoms with E-state index in [-0.39, 0.29) is 6.10 Å². The third-order valence-corrected chi connectivity index (χ3v) is 8.35. The highest BCUT2D eigenvalue weighted by Gasteiger charge is 2.73. The van der Waals surface area contributed by atoms with Crippen LogP contribution in [0.4, 0.5) is 0 Å². The van der Waals surface area contributed by atoms with Crippen molar-refractivity contribution in [3.8, 4) is 0 Å². The lowest BCUT2D eigenvalue weighted by molar-refractivity contribution is -0.224. The Kier molecular flexibility index (Phi) is 5.78. The topological polar surface area (TPSA) is 129 Å². The van der Waals surface area contributed by atoms with Gasteiger partial charge in [0.25, 0.3) is 0 Å². The second-order valence-corrected chi connectivity index (χ2v) is 10.6. The lowest BCUT2D eigenvalue weighted by Gasteiger charge is -2.53. The van der Waals surface area contributed by atoms with Gasteiger partial charge in [0.15, 0.2) is 23.1 Å². The molecule has 4 aliphatic rings. The van der Waals surface area contributed by atoms with Crippen LogP contribution in [0.3, 0.4) is 0 Å². The fourth-order valence-corrected chi connectivity index (χ4v) is 6.41. The first-order valence-electron chi connectivity index (χ1n) is 11.2. The van der Waals surface area contributed by atoms with Crippen LogP contribution in [0.1, 0.15) is 41.0 Å². The molecular formula is C24H29ClO9. The number of aliphatic hydroxyl groups is 1. The minimum absolute atomic E-state index is 0.323. The highest BCUT2D eigenvalue weighted by atomic mass is 35.5. The van der Waals surface area contributed by atoms with Crippen LogP contribution in [-0.4, -0.2) is 69.8 Å². The number of rotatable bonds is 2. The van der Waals surface area contributed by atoms with E-state index in [1.165, 1.54) is 19.9 Å². The number of carbonyl (C=O) groups excluding carboxylic acids is 4. The average Bonchev–Trinajstić information content (AvgIpc) is 3.46. The van der Waals surface area contributed by atoms with E-state index in [1.807, 2.05) is 0 Å². The molecule has 0 aromatic carbocycles. The number of epoxide rings is 1. The van der Waals surface area contributed by atoms with E-state index in [2.05, 4.69) is 6.58 Å². The lowest BCUT2D eigenvalue weighted by atomic mass is 9.55. The minimum Gasteiger partial charge on any atom is -0.459 e. The van der Waals surface area contributed by atoms with Crippen molar-refractivity contribution in [2.45, 2.75) is 82.0 Å². The molecule has 1 saturated carbocycles. The SMILES string of the molecule is C=C1C[C@H]2O[C@@H]2[C@@]2(C)C=CC(=O)[C@@](C)(OC(C)=O)[C@@H]2[C@H](OC(C)=O)[C@]2(O)[C@@H](C)C(=O)O[C@H]2[C@H]1Cl. The molecule has 0 radical (unpaired) electrons. The predicted octanol–water partition coefficient (Wildman–Crippen LogP) is 1.63. The zero-order chi connectivity index (χ0) is 25.4. The zero-order valence-corrected chi connectivity index (χ0v) is 20.5. The first-order chi connectivity index (χ1) is 15.7. The van der Waals surface area contributed by atoms with Crippen molar-refractivity contribution in [3.05, 3.63) is 24.3 Å². The summed E-state index contributed by atoms with van der Waals surface area (Å²) in [6.07, 6.45) is -0.412. The van der Waals surface area contributed by atoms with Crippen LogP contribution in [0.15, 0.2) is 24.3 Å². The summed E-state index contributed by atoms with van der Waals surface area (Å²) in [5.74, 6) is -5.12.